The minimum Gasteiger partial charge on any atom is -0.299 e. The lowest BCUT2D eigenvalue weighted by Gasteiger charge is -2.41. The van der Waals surface area contributed by atoms with Gasteiger partial charge in [-0.15, -0.1) is 0 Å². The molecule has 1 aromatic carbocycles. The number of carbonyl (C=O) groups is 1. The fraction of sp³-hybridized carbons (Fsp3) is 0.588. The molecule has 2 aliphatic rings. The van der Waals surface area contributed by atoms with Gasteiger partial charge in [0.05, 0.1) is 0 Å². The summed E-state index contributed by atoms with van der Waals surface area (Å²) in [5.74, 6) is 0.387. The molecule has 0 spiro atoms. The molecule has 1 aromatic rings. The predicted molar refractivity (Wildman–Crippen MR) is 74.1 cm³/mol. The summed E-state index contributed by atoms with van der Waals surface area (Å²) < 4.78 is 0. The molecule has 18 heavy (non-hydrogen) atoms. The van der Waals surface area contributed by atoms with Crippen molar-refractivity contribution >= 4 is 5.78 Å². The number of ketones is 1. The Morgan fingerprint density at radius 3 is 2.11 bits per heavy atom. The molecule has 1 nitrogen and oxygen atoms in total. The highest BCUT2D eigenvalue weighted by molar-refractivity contribution is 5.93. The van der Waals surface area contributed by atoms with Crippen molar-refractivity contribution in [3.63, 3.8) is 0 Å². The third-order valence-corrected chi connectivity index (χ3v) is 4.93. The highest BCUT2D eigenvalue weighted by Gasteiger charge is 2.43. The Labute approximate surface area is 110 Å². The number of hydrogen-bond donors (Lipinski definition) is 0. The molecule has 0 atom stereocenters. The Balaban J connectivity index is 2.28. The molecule has 96 valence electrons. The van der Waals surface area contributed by atoms with Crippen LogP contribution >= 0.6 is 0 Å². The maximum Gasteiger partial charge on any atom is 0.143 e. The quantitative estimate of drug-likeness (QED) is 0.678. The largest absolute Gasteiger partial charge is 0.299 e. The van der Waals surface area contributed by atoms with E-state index in [2.05, 4.69) is 39.8 Å². The van der Waals surface area contributed by atoms with Crippen LogP contribution in [0.15, 0.2) is 12.1 Å². The first-order valence-corrected chi connectivity index (χ1v) is 7.02. The van der Waals surface area contributed by atoms with E-state index in [0.717, 1.165) is 0 Å². The van der Waals surface area contributed by atoms with E-state index in [1.807, 2.05) is 0 Å². The second-order valence-corrected chi connectivity index (χ2v) is 7.13. The topological polar surface area (TPSA) is 17.1 Å². The molecule has 0 amide bonds. The minimum absolute atomic E-state index is 0.000440. The molecule has 0 aliphatic heterocycles. The second kappa shape index (κ2) is 3.46. The smallest absolute Gasteiger partial charge is 0.143 e. The van der Waals surface area contributed by atoms with Gasteiger partial charge >= 0.3 is 0 Å². The molecule has 0 fully saturated rings. The second-order valence-electron chi connectivity index (χ2n) is 7.13. The van der Waals surface area contributed by atoms with Gasteiger partial charge in [0.1, 0.15) is 5.78 Å². The maximum atomic E-state index is 12.4. The maximum absolute atomic E-state index is 12.4. The van der Waals surface area contributed by atoms with Gasteiger partial charge in [0.2, 0.25) is 0 Å². The van der Waals surface area contributed by atoms with Crippen molar-refractivity contribution in [1.82, 2.24) is 0 Å². The van der Waals surface area contributed by atoms with Crippen LogP contribution in [0.2, 0.25) is 0 Å². The summed E-state index contributed by atoms with van der Waals surface area (Å²) >= 11 is 0. The standard InChI is InChI=1S/C17H22O/c1-16(2)10-15(18)17(3,4)14-9-12-7-5-6-11(12)8-13(14)16/h8-9H,5-7,10H2,1-4H3. The predicted octanol–water partition coefficient (Wildman–Crippen LogP) is 3.70. The molecule has 0 aromatic heterocycles. The van der Waals surface area contributed by atoms with Crippen LogP contribution in [0.5, 0.6) is 0 Å². The number of hydrogen-bond acceptors (Lipinski definition) is 1. The van der Waals surface area contributed by atoms with E-state index in [1.54, 1.807) is 0 Å². The molecule has 1 heteroatoms. The van der Waals surface area contributed by atoms with Gasteiger partial charge in [0, 0.05) is 11.8 Å². The summed E-state index contributed by atoms with van der Waals surface area (Å²) in [6.45, 7) is 8.59. The zero-order valence-corrected chi connectivity index (χ0v) is 11.9. The van der Waals surface area contributed by atoms with Crippen molar-refractivity contribution in [3.05, 3.63) is 34.4 Å². The van der Waals surface area contributed by atoms with Gasteiger partial charge in [0.25, 0.3) is 0 Å². The molecule has 0 saturated carbocycles. The van der Waals surface area contributed by atoms with Crippen LogP contribution in [0.1, 0.15) is 62.8 Å². The summed E-state index contributed by atoms with van der Waals surface area (Å²) in [7, 11) is 0. The van der Waals surface area contributed by atoms with Crippen molar-refractivity contribution < 1.29 is 4.79 Å². The number of carbonyl (C=O) groups excluding carboxylic acids is 1. The van der Waals surface area contributed by atoms with E-state index in [0.29, 0.717) is 12.2 Å². The fourth-order valence-electron chi connectivity index (χ4n) is 3.57. The summed E-state index contributed by atoms with van der Waals surface area (Å²) in [6, 6.07) is 4.72. The number of benzene rings is 1. The molecule has 0 bridgehead atoms. The SMILES string of the molecule is CC1(C)CC(=O)C(C)(C)c2cc3c(cc21)CCC3. The molecule has 0 heterocycles. The van der Waals surface area contributed by atoms with E-state index in [-0.39, 0.29) is 10.8 Å². The number of aryl methyl sites for hydroxylation is 2. The Morgan fingerprint density at radius 2 is 1.50 bits per heavy atom. The summed E-state index contributed by atoms with van der Waals surface area (Å²) in [6.07, 6.45) is 4.35. The van der Waals surface area contributed by atoms with E-state index >= 15 is 0 Å². The van der Waals surface area contributed by atoms with Crippen LogP contribution in [0.4, 0.5) is 0 Å². The first kappa shape index (κ1) is 12.0. The highest BCUT2D eigenvalue weighted by Crippen LogP contribution is 2.45. The van der Waals surface area contributed by atoms with Gasteiger partial charge in [-0.1, -0.05) is 26.0 Å². The highest BCUT2D eigenvalue weighted by atomic mass is 16.1. The van der Waals surface area contributed by atoms with E-state index < -0.39 is 0 Å². The minimum atomic E-state index is -0.303. The van der Waals surface area contributed by atoms with E-state index in [9.17, 15) is 4.79 Å². The van der Waals surface area contributed by atoms with Crippen LogP contribution in [0.3, 0.4) is 0 Å². The Bertz CT molecular complexity index is 535. The Morgan fingerprint density at radius 1 is 0.944 bits per heavy atom. The molecule has 0 saturated heterocycles. The summed E-state index contributed by atoms with van der Waals surface area (Å²) in [5, 5.41) is 0. The summed E-state index contributed by atoms with van der Waals surface area (Å²) in [5.41, 5.74) is 5.39. The average molecular weight is 242 g/mol. The van der Waals surface area contributed by atoms with Crippen LogP contribution in [-0.2, 0) is 28.5 Å². The average Bonchev–Trinajstić information content (AvgIpc) is 2.72. The van der Waals surface area contributed by atoms with Gasteiger partial charge in [-0.2, -0.15) is 0 Å². The van der Waals surface area contributed by atoms with Crippen molar-refractivity contribution in [2.24, 2.45) is 0 Å². The zero-order chi connectivity index (χ0) is 13.1. The lowest BCUT2D eigenvalue weighted by molar-refractivity contribution is -0.125. The molecule has 0 N–H and O–H groups in total. The van der Waals surface area contributed by atoms with E-state index in [1.165, 1.54) is 41.5 Å². The lowest BCUT2D eigenvalue weighted by atomic mass is 9.62. The Hall–Kier alpha value is -1.11. The summed E-state index contributed by atoms with van der Waals surface area (Å²) in [4.78, 5) is 12.4. The number of Topliss-reactive ketones (excluding diaryl/α,β-unsaturated/α-hetero) is 1. The van der Waals surface area contributed by atoms with Crippen LogP contribution < -0.4 is 0 Å². The molecule has 0 radical (unpaired) electrons. The monoisotopic (exact) mass is 242 g/mol. The van der Waals surface area contributed by atoms with E-state index in [4.69, 9.17) is 0 Å². The van der Waals surface area contributed by atoms with Crippen LogP contribution in [-0.4, -0.2) is 5.78 Å². The molecule has 2 aliphatic carbocycles. The zero-order valence-electron chi connectivity index (χ0n) is 11.9. The number of fused-ring (bicyclic) bond motifs is 2. The van der Waals surface area contributed by atoms with Crippen molar-refractivity contribution in [1.29, 1.82) is 0 Å². The fourth-order valence-corrected chi connectivity index (χ4v) is 3.57. The van der Waals surface area contributed by atoms with Crippen LogP contribution in [0, 0.1) is 0 Å². The normalized spacial score (nSPS) is 23.7. The number of rotatable bonds is 0. The van der Waals surface area contributed by atoms with Crippen molar-refractivity contribution in [2.75, 3.05) is 0 Å². The van der Waals surface area contributed by atoms with Gasteiger partial charge in [-0.05, 0) is 60.8 Å². The Kier molecular flexibility index (Phi) is 2.30. The molecule has 0 unspecified atom stereocenters. The van der Waals surface area contributed by atoms with Crippen molar-refractivity contribution in [3.8, 4) is 0 Å². The van der Waals surface area contributed by atoms with Crippen LogP contribution in [0.25, 0.3) is 0 Å². The molecular formula is C17H22O. The third kappa shape index (κ3) is 1.49. The lowest BCUT2D eigenvalue weighted by Crippen LogP contribution is -2.42. The molecule has 3 rings (SSSR count). The van der Waals surface area contributed by atoms with Crippen molar-refractivity contribution in [2.45, 2.75) is 64.2 Å². The first-order chi connectivity index (χ1) is 8.32. The van der Waals surface area contributed by atoms with Gasteiger partial charge in [-0.25, -0.2) is 0 Å². The molecular weight excluding hydrogens is 220 g/mol. The van der Waals surface area contributed by atoms with Gasteiger partial charge in [-0.3, -0.25) is 4.79 Å². The third-order valence-electron chi connectivity index (χ3n) is 4.93. The first-order valence-electron chi connectivity index (χ1n) is 7.02. The van der Waals surface area contributed by atoms with Gasteiger partial charge in [0.15, 0.2) is 0 Å². The van der Waals surface area contributed by atoms with Gasteiger partial charge < -0.3 is 0 Å².